The van der Waals surface area contributed by atoms with E-state index in [1.165, 1.54) is 5.56 Å². The van der Waals surface area contributed by atoms with Crippen molar-refractivity contribution >= 4 is 0 Å². The van der Waals surface area contributed by atoms with Gasteiger partial charge in [0.05, 0.1) is 23.5 Å². The number of hydrogen-bond donors (Lipinski definition) is 1. The first-order valence-corrected chi connectivity index (χ1v) is 9.03. The molecule has 1 fully saturated rings. The van der Waals surface area contributed by atoms with E-state index in [1.807, 2.05) is 16.9 Å². The average Bonchev–Trinajstić information content (AvgIpc) is 3.37. The Balaban J connectivity index is 1.53. The minimum absolute atomic E-state index is 0.244. The Morgan fingerprint density at radius 1 is 1.23 bits per heavy atom. The maximum atomic E-state index is 5.64. The number of ether oxygens (including phenoxy) is 1. The van der Waals surface area contributed by atoms with Crippen LogP contribution < -0.4 is 0 Å². The SMILES string of the molecule is CO[C@@H]1C[C@@H](c2nc(C)c(C)[nH]2)N(Cc2ccc(-n3cccn3)cc2)C1. The second-order valence-electron chi connectivity index (χ2n) is 6.99. The molecule has 2 atom stereocenters. The molecule has 0 spiro atoms. The molecule has 6 heteroatoms. The Kier molecular flexibility index (Phi) is 4.61. The Bertz CT molecular complexity index is 833. The van der Waals surface area contributed by atoms with Crippen LogP contribution in [-0.4, -0.2) is 44.4 Å². The third-order valence-electron chi connectivity index (χ3n) is 5.25. The van der Waals surface area contributed by atoms with Crippen molar-refractivity contribution in [2.24, 2.45) is 0 Å². The molecule has 3 aromatic rings. The molecule has 1 aromatic carbocycles. The van der Waals surface area contributed by atoms with Gasteiger partial charge in [0.2, 0.25) is 0 Å². The molecule has 0 radical (unpaired) electrons. The van der Waals surface area contributed by atoms with Crippen LogP contribution in [0.25, 0.3) is 5.69 Å². The Morgan fingerprint density at radius 3 is 2.65 bits per heavy atom. The molecule has 0 bridgehead atoms. The number of nitrogens with one attached hydrogen (secondary N) is 1. The van der Waals surface area contributed by atoms with Crippen molar-refractivity contribution in [2.45, 2.75) is 39.0 Å². The molecule has 4 rings (SSSR count). The number of imidazole rings is 1. The van der Waals surface area contributed by atoms with Crippen LogP contribution in [0.3, 0.4) is 0 Å². The molecule has 3 heterocycles. The van der Waals surface area contributed by atoms with Gasteiger partial charge in [-0.1, -0.05) is 12.1 Å². The summed E-state index contributed by atoms with van der Waals surface area (Å²) in [5.41, 5.74) is 4.57. The lowest BCUT2D eigenvalue weighted by Gasteiger charge is -2.22. The van der Waals surface area contributed by atoms with Crippen LogP contribution in [0.5, 0.6) is 0 Å². The Hall–Kier alpha value is -2.44. The molecular formula is C20H25N5O. The van der Waals surface area contributed by atoms with E-state index in [4.69, 9.17) is 9.72 Å². The van der Waals surface area contributed by atoms with Crippen molar-refractivity contribution in [3.05, 3.63) is 65.5 Å². The molecule has 0 amide bonds. The van der Waals surface area contributed by atoms with Crippen molar-refractivity contribution < 1.29 is 4.74 Å². The van der Waals surface area contributed by atoms with E-state index < -0.39 is 0 Å². The molecule has 2 aromatic heterocycles. The second kappa shape index (κ2) is 7.05. The fourth-order valence-electron chi connectivity index (χ4n) is 3.63. The van der Waals surface area contributed by atoms with Crippen LogP contribution in [0.1, 0.15) is 35.2 Å². The quantitative estimate of drug-likeness (QED) is 0.767. The van der Waals surface area contributed by atoms with Gasteiger partial charge in [-0.15, -0.1) is 0 Å². The first-order chi connectivity index (χ1) is 12.6. The van der Waals surface area contributed by atoms with Crippen LogP contribution in [-0.2, 0) is 11.3 Å². The first kappa shape index (κ1) is 17.0. The Morgan fingerprint density at radius 2 is 2.04 bits per heavy atom. The van der Waals surface area contributed by atoms with E-state index in [2.05, 4.69) is 53.1 Å². The summed E-state index contributed by atoms with van der Waals surface area (Å²) < 4.78 is 7.51. The number of aromatic nitrogens is 4. The molecular weight excluding hydrogens is 326 g/mol. The summed E-state index contributed by atoms with van der Waals surface area (Å²) in [7, 11) is 1.79. The maximum absolute atomic E-state index is 5.64. The second-order valence-corrected chi connectivity index (χ2v) is 6.99. The average molecular weight is 351 g/mol. The summed E-state index contributed by atoms with van der Waals surface area (Å²) in [6.45, 7) is 5.92. The number of hydrogen-bond acceptors (Lipinski definition) is 4. The Labute approximate surface area is 153 Å². The molecule has 1 saturated heterocycles. The summed E-state index contributed by atoms with van der Waals surface area (Å²) in [6, 6.07) is 10.8. The number of aromatic amines is 1. The number of likely N-dealkylation sites (tertiary alicyclic amines) is 1. The van der Waals surface area contributed by atoms with E-state index in [-0.39, 0.29) is 12.1 Å². The third-order valence-corrected chi connectivity index (χ3v) is 5.25. The van der Waals surface area contributed by atoms with Gasteiger partial charge in [-0.05, 0) is 44.0 Å². The van der Waals surface area contributed by atoms with Gasteiger partial charge in [-0.25, -0.2) is 9.67 Å². The zero-order valence-corrected chi connectivity index (χ0v) is 15.5. The van der Waals surface area contributed by atoms with E-state index in [9.17, 15) is 0 Å². The van der Waals surface area contributed by atoms with Gasteiger partial charge in [0.15, 0.2) is 0 Å². The van der Waals surface area contributed by atoms with Crippen LogP contribution >= 0.6 is 0 Å². The largest absolute Gasteiger partial charge is 0.380 e. The van der Waals surface area contributed by atoms with Crippen molar-refractivity contribution in [2.75, 3.05) is 13.7 Å². The van der Waals surface area contributed by atoms with Gasteiger partial charge in [0.25, 0.3) is 0 Å². The van der Waals surface area contributed by atoms with Crippen molar-refractivity contribution in [1.82, 2.24) is 24.6 Å². The van der Waals surface area contributed by atoms with Gasteiger partial charge >= 0.3 is 0 Å². The molecule has 1 aliphatic heterocycles. The van der Waals surface area contributed by atoms with Gasteiger partial charge in [0, 0.05) is 38.3 Å². The molecule has 26 heavy (non-hydrogen) atoms. The number of benzene rings is 1. The van der Waals surface area contributed by atoms with E-state index in [1.54, 1.807) is 13.3 Å². The third kappa shape index (κ3) is 3.30. The predicted octanol–water partition coefficient (Wildman–Crippen LogP) is 3.17. The van der Waals surface area contributed by atoms with Crippen molar-refractivity contribution in [1.29, 1.82) is 0 Å². The normalized spacial score (nSPS) is 20.7. The fraction of sp³-hybridized carbons (Fsp3) is 0.400. The molecule has 0 aliphatic carbocycles. The molecule has 0 unspecified atom stereocenters. The van der Waals surface area contributed by atoms with E-state index in [0.717, 1.165) is 42.4 Å². The van der Waals surface area contributed by atoms with Crippen LogP contribution in [0.4, 0.5) is 0 Å². The summed E-state index contributed by atoms with van der Waals surface area (Å²) in [4.78, 5) is 10.6. The van der Waals surface area contributed by atoms with Crippen molar-refractivity contribution in [3.63, 3.8) is 0 Å². The lowest BCUT2D eigenvalue weighted by atomic mass is 10.1. The van der Waals surface area contributed by atoms with Crippen LogP contribution in [0.2, 0.25) is 0 Å². The summed E-state index contributed by atoms with van der Waals surface area (Å²) in [5.74, 6) is 1.05. The molecule has 136 valence electrons. The minimum atomic E-state index is 0.244. The lowest BCUT2D eigenvalue weighted by molar-refractivity contribution is 0.107. The monoisotopic (exact) mass is 351 g/mol. The zero-order valence-electron chi connectivity index (χ0n) is 15.5. The molecule has 6 nitrogen and oxygen atoms in total. The van der Waals surface area contributed by atoms with Gasteiger partial charge in [-0.3, -0.25) is 4.90 Å². The van der Waals surface area contributed by atoms with E-state index in [0.29, 0.717) is 0 Å². The molecule has 1 aliphatic rings. The minimum Gasteiger partial charge on any atom is -0.380 e. The number of nitrogens with zero attached hydrogens (tertiary/aromatic N) is 4. The van der Waals surface area contributed by atoms with Crippen LogP contribution in [0.15, 0.2) is 42.7 Å². The van der Waals surface area contributed by atoms with Gasteiger partial charge < -0.3 is 9.72 Å². The van der Waals surface area contributed by atoms with Crippen molar-refractivity contribution in [3.8, 4) is 5.69 Å². The maximum Gasteiger partial charge on any atom is 0.124 e. The number of methoxy groups -OCH3 is 1. The smallest absolute Gasteiger partial charge is 0.124 e. The lowest BCUT2D eigenvalue weighted by Crippen LogP contribution is -2.25. The van der Waals surface area contributed by atoms with Gasteiger partial charge in [-0.2, -0.15) is 5.10 Å². The number of H-pyrrole nitrogens is 1. The highest BCUT2D eigenvalue weighted by molar-refractivity contribution is 5.34. The summed E-state index contributed by atoms with van der Waals surface area (Å²) >= 11 is 0. The summed E-state index contributed by atoms with van der Waals surface area (Å²) in [6.07, 6.45) is 4.96. The molecule has 0 saturated carbocycles. The van der Waals surface area contributed by atoms with Gasteiger partial charge in [0.1, 0.15) is 5.82 Å². The highest BCUT2D eigenvalue weighted by atomic mass is 16.5. The molecule has 1 N–H and O–H groups in total. The zero-order chi connectivity index (χ0) is 18.1. The first-order valence-electron chi connectivity index (χ1n) is 9.03. The highest BCUT2D eigenvalue weighted by Gasteiger charge is 2.35. The number of rotatable bonds is 5. The highest BCUT2D eigenvalue weighted by Crippen LogP contribution is 2.33. The van der Waals surface area contributed by atoms with Crippen LogP contribution in [0, 0.1) is 13.8 Å². The number of aryl methyl sites for hydroxylation is 2. The standard InChI is InChI=1S/C20H25N5O/c1-14-15(2)23-20(22-14)19-11-18(26-3)13-24(19)12-16-5-7-17(8-6-16)25-10-4-9-21-25/h4-10,18-19H,11-13H2,1-3H3,(H,22,23)/t18-,19+/m1/s1. The predicted molar refractivity (Wildman–Crippen MR) is 100 cm³/mol. The topological polar surface area (TPSA) is 59.0 Å². The fourth-order valence-corrected chi connectivity index (χ4v) is 3.63. The van der Waals surface area contributed by atoms with E-state index >= 15 is 0 Å². The summed E-state index contributed by atoms with van der Waals surface area (Å²) in [5, 5.41) is 4.28.